The number of sulfonamides is 1. The van der Waals surface area contributed by atoms with Gasteiger partial charge in [-0.05, 0) is 30.9 Å². The third-order valence-electron chi connectivity index (χ3n) is 4.31. The zero-order valence-electron chi connectivity index (χ0n) is 10.9. The number of hydrogen-bond donors (Lipinski definition) is 3. The molecule has 4 N–H and O–H groups in total. The summed E-state index contributed by atoms with van der Waals surface area (Å²) in [6, 6.07) is 3.06. The van der Waals surface area contributed by atoms with Gasteiger partial charge in [0.2, 0.25) is 10.0 Å². The molecule has 0 radical (unpaired) electrons. The predicted octanol–water partition coefficient (Wildman–Crippen LogP) is -0.241. The second-order valence-corrected chi connectivity index (χ2v) is 7.29. The van der Waals surface area contributed by atoms with E-state index in [1.54, 1.807) is 6.07 Å². The van der Waals surface area contributed by atoms with Crippen LogP contribution in [0.2, 0.25) is 0 Å². The standard InChI is InChI=1S/C12H18N4O3S/c13-15-12-11(2-1-5-14-12)20(18,19)16-6-8-3-4-10(17)9(8)7-16/h1-2,5,8-10,17H,3-4,6-7,13H2,(H,14,15). The molecular weight excluding hydrogens is 280 g/mol. The van der Waals surface area contributed by atoms with E-state index in [4.69, 9.17) is 5.84 Å². The van der Waals surface area contributed by atoms with Crippen LogP contribution in [0.15, 0.2) is 23.2 Å². The summed E-state index contributed by atoms with van der Waals surface area (Å²) < 4.78 is 26.8. The first-order valence-corrected chi connectivity index (χ1v) is 8.08. The highest BCUT2D eigenvalue weighted by atomic mass is 32.2. The molecule has 0 amide bonds. The molecule has 0 spiro atoms. The number of aromatic nitrogens is 1. The highest BCUT2D eigenvalue weighted by molar-refractivity contribution is 7.89. The van der Waals surface area contributed by atoms with E-state index >= 15 is 0 Å². The molecule has 0 aromatic carbocycles. The van der Waals surface area contributed by atoms with E-state index < -0.39 is 10.0 Å². The number of fused-ring (bicyclic) bond motifs is 1. The van der Waals surface area contributed by atoms with Gasteiger partial charge in [0.15, 0.2) is 5.82 Å². The number of aliphatic hydroxyl groups is 1. The molecule has 1 aromatic heterocycles. The molecule has 2 heterocycles. The Kier molecular flexibility index (Phi) is 3.41. The van der Waals surface area contributed by atoms with E-state index in [0.717, 1.165) is 12.8 Å². The fourth-order valence-corrected chi connectivity index (χ4v) is 4.88. The first-order valence-electron chi connectivity index (χ1n) is 6.64. The minimum Gasteiger partial charge on any atom is -0.393 e. The first-order chi connectivity index (χ1) is 9.54. The molecule has 2 aliphatic rings. The van der Waals surface area contributed by atoms with Crippen LogP contribution in [0.25, 0.3) is 0 Å². The van der Waals surface area contributed by atoms with Crippen molar-refractivity contribution in [3.63, 3.8) is 0 Å². The lowest BCUT2D eigenvalue weighted by atomic mass is 10.00. The second-order valence-electron chi connectivity index (χ2n) is 5.39. The van der Waals surface area contributed by atoms with Crippen molar-refractivity contribution in [2.24, 2.45) is 17.7 Å². The van der Waals surface area contributed by atoms with Gasteiger partial charge in [0.25, 0.3) is 0 Å². The van der Waals surface area contributed by atoms with Crippen molar-refractivity contribution in [1.82, 2.24) is 9.29 Å². The van der Waals surface area contributed by atoms with Crippen LogP contribution in [0.5, 0.6) is 0 Å². The maximum absolute atomic E-state index is 12.7. The molecule has 20 heavy (non-hydrogen) atoms. The van der Waals surface area contributed by atoms with Crippen LogP contribution in [0.4, 0.5) is 5.82 Å². The van der Waals surface area contributed by atoms with Gasteiger partial charge in [0.05, 0.1) is 6.10 Å². The molecule has 1 saturated heterocycles. The number of nitrogen functional groups attached to an aromatic ring is 1. The number of nitrogens with two attached hydrogens (primary N) is 1. The summed E-state index contributed by atoms with van der Waals surface area (Å²) in [4.78, 5) is 4.01. The van der Waals surface area contributed by atoms with E-state index in [-0.39, 0.29) is 28.7 Å². The molecule has 2 fully saturated rings. The molecule has 0 bridgehead atoms. The van der Waals surface area contributed by atoms with Crippen LogP contribution in [0.3, 0.4) is 0 Å². The molecule has 1 aliphatic heterocycles. The number of hydrazine groups is 1. The molecule has 1 aliphatic carbocycles. The van der Waals surface area contributed by atoms with E-state index in [9.17, 15) is 13.5 Å². The Hall–Kier alpha value is -1.22. The summed E-state index contributed by atoms with van der Waals surface area (Å²) >= 11 is 0. The Labute approximate surface area is 117 Å². The maximum Gasteiger partial charge on any atom is 0.246 e. The lowest BCUT2D eigenvalue weighted by molar-refractivity contribution is 0.129. The van der Waals surface area contributed by atoms with E-state index in [2.05, 4.69) is 10.4 Å². The average Bonchev–Trinajstić information content (AvgIpc) is 3.02. The number of rotatable bonds is 3. The van der Waals surface area contributed by atoms with Gasteiger partial charge >= 0.3 is 0 Å². The number of aliphatic hydroxyl groups excluding tert-OH is 1. The molecule has 110 valence electrons. The predicted molar refractivity (Wildman–Crippen MR) is 73.0 cm³/mol. The van der Waals surface area contributed by atoms with Crippen molar-refractivity contribution in [2.45, 2.75) is 23.8 Å². The van der Waals surface area contributed by atoms with Crippen LogP contribution < -0.4 is 11.3 Å². The Morgan fingerprint density at radius 2 is 2.20 bits per heavy atom. The topological polar surface area (TPSA) is 109 Å². The van der Waals surface area contributed by atoms with Gasteiger partial charge in [-0.25, -0.2) is 19.2 Å². The fraction of sp³-hybridized carbons (Fsp3) is 0.583. The largest absolute Gasteiger partial charge is 0.393 e. The van der Waals surface area contributed by atoms with Crippen molar-refractivity contribution in [3.05, 3.63) is 18.3 Å². The summed E-state index contributed by atoms with van der Waals surface area (Å²) in [6.45, 7) is 0.829. The number of anilines is 1. The zero-order chi connectivity index (χ0) is 14.3. The van der Waals surface area contributed by atoms with Gasteiger partial charge in [0.1, 0.15) is 4.90 Å². The van der Waals surface area contributed by atoms with Crippen molar-refractivity contribution in [3.8, 4) is 0 Å². The molecule has 7 nitrogen and oxygen atoms in total. The minimum absolute atomic E-state index is 0.0516. The van der Waals surface area contributed by atoms with Crippen molar-refractivity contribution in [2.75, 3.05) is 18.5 Å². The van der Waals surface area contributed by atoms with Gasteiger partial charge in [-0.15, -0.1) is 0 Å². The van der Waals surface area contributed by atoms with Gasteiger partial charge in [-0.2, -0.15) is 4.31 Å². The van der Waals surface area contributed by atoms with Crippen molar-refractivity contribution < 1.29 is 13.5 Å². The molecule has 8 heteroatoms. The fourth-order valence-electron chi connectivity index (χ4n) is 3.24. The third kappa shape index (κ3) is 2.08. The monoisotopic (exact) mass is 298 g/mol. The summed E-state index contributed by atoms with van der Waals surface area (Å²) in [7, 11) is -3.63. The van der Waals surface area contributed by atoms with Gasteiger partial charge in [-0.3, -0.25) is 0 Å². The van der Waals surface area contributed by atoms with Crippen LogP contribution in [-0.2, 0) is 10.0 Å². The van der Waals surface area contributed by atoms with Gasteiger partial charge in [-0.1, -0.05) is 0 Å². The summed E-state index contributed by atoms with van der Waals surface area (Å²) in [5.41, 5.74) is 2.32. The average molecular weight is 298 g/mol. The molecular formula is C12H18N4O3S. The zero-order valence-corrected chi connectivity index (χ0v) is 11.8. The molecule has 1 saturated carbocycles. The molecule has 3 atom stereocenters. The normalized spacial score (nSPS) is 30.4. The Morgan fingerprint density at radius 3 is 2.90 bits per heavy atom. The van der Waals surface area contributed by atoms with Crippen LogP contribution in [0, 0.1) is 11.8 Å². The second kappa shape index (κ2) is 4.96. The molecule has 1 aromatic rings. The van der Waals surface area contributed by atoms with Gasteiger partial charge < -0.3 is 10.5 Å². The Balaban J connectivity index is 1.90. The smallest absolute Gasteiger partial charge is 0.246 e. The van der Waals surface area contributed by atoms with Crippen LogP contribution in [0.1, 0.15) is 12.8 Å². The van der Waals surface area contributed by atoms with Crippen molar-refractivity contribution in [1.29, 1.82) is 0 Å². The summed E-state index contributed by atoms with van der Waals surface area (Å²) in [6.07, 6.45) is 2.75. The maximum atomic E-state index is 12.7. The number of nitrogens with one attached hydrogen (secondary N) is 1. The van der Waals surface area contributed by atoms with E-state index in [1.807, 2.05) is 0 Å². The third-order valence-corrected chi connectivity index (χ3v) is 6.17. The van der Waals surface area contributed by atoms with E-state index in [0.29, 0.717) is 13.1 Å². The quantitative estimate of drug-likeness (QED) is 0.525. The summed E-state index contributed by atoms with van der Waals surface area (Å²) in [5.74, 6) is 5.78. The first kappa shape index (κ1) is 13.7. The molecule has 3 rings (SSSR count). The SMILES string of the molecule is NNc1ncccc1S(=O)(=O)N1CC2CCC(O)C2C1. The number of nitrogens with zero attached hydrogens (tertiary/aromatic N) is 2. The highest BCUT2D eigenvalue weighted by Gasteiger charge is 2.46. The summed E-state index contributed by atoms with van der Waals surface area (Å²) in [5, 5.41) is 9.89. The van der Waals surface area contributed by atoms with Crippen LogP contribution >= 0.6 is 0 Å². The van der Waals surface area contributed by atoms with Crippen LogP contribution in [-0.4, -0.2) is 42.0 Å². The van der Waals surface area contributed by atoms with Gasteiger partial charge in [0, 0.05) is 25.2 Å². The van der Waals surface area contributed by atoms with Crippen molar-refractivity contribution >= 4 is 15.8 Å². The van der Waals surface area contributed by atoms with E-state index in [1.165, 1.54) is 16.6 Å². The number of hydrogen-bond acceptors (Lipinski definition) is 6. The Bertz CT molecular complexity index is 606. The number of pyridine rings is 1. The minimum atomic E-state index is -3.63. The lowest BCUT2D eigenvalue weighted by Gasteiger charge is -2.19. The lowest BCUT2D eigenvalue weighted by Crippen LogP contribution is -2.32. The Morgan fingerprint density at radius 1 is 1.40 bits per heavy atom. The molecule has 3 unspecified atom stereocenters. The highest BCUT2D eigenvalue weighted by Crippen LogP contribution is 2.40.